The van der Waals surface area contributed by atoms with E-state index >= 15 is 0 Å². The molecule has 6 heteroatoms. The molecule has 30 heavy (non-hydrogen) atoms. The van der Waals surface area contributed by atoms with Gasteiger partial charge in [-0.15, -0.1) is 0 Å². The van der Waals surface area contributed by atoms with Crippen molar-refractivity contribution in [2.75, 3.05) is 32.5 Å². The molecule has 1 fully saturated rings. The van der Waals surface area contributed by atoms with Crippen LogP contribution in [0.4, 0.5) is 10.5 Å². The lowest BCUT2D eigenvalue weighted by molar-refractivity contribution is 0.194. The van der Waals surface area contributed by atoms with Gasteiger partial charge in [0.25, 0.3) is 0 Å². The molecule has 0 atom stereocenters. The average Bonchev–Trinajstić information content (AvgIpc) is 2.74. The molecule has 5 nitrogen and oxygen atoms in total. The summed E-state index contributed by atoms with van der Waals surface area (Å²) in [4.78, 5) is 21.3. The maximum absolute atomic E-state index is 12.7. The number of aromatic nitrogens is 1. The Balaban J connectivity index is 1.36. The molecule has 2 aromatic carbocycles. The second kappa shape index (κ2) is 9.02. The first-order valence-corrected chi connectivity index (χ1v) is 10.7. The monoisotopic (exact) mass is 422 g/mol. The third-order valence-electron chi connectivity index (χ3n) is 5.62. The fourth-order valence-electron chi connectivity index (χ4n) is 4.05. The molecule has 0 bridgehead atoms. The van der Waals surface area contributed by atoms with Crippen LogP contribution in [0.2, 0.25) is 5.02 Å². The van der Waals surface area contributed by atoms with Crippen LogP contribution in [0.5, 0.6) is 0 Å². The van der Waals surface area contributed by atoms with Crippen molar-refractivity contribution in [1.29, 1.82) is 0 Å². The molecule has 2 amide bonds. The van der Waals surface area contributed by atoms with Gasteiger partial charge in [0.2, 0.25) is 0 Å². The number of benzene rings is 2. The molecule has 2 heterocycles. The van der Waals surface area contributed by atoms with E-state index in [0.29, 0.717) is 5.92 Å². The van der Waals surface area contributed by atoms with Crippen LogP contribution in [0.15, 0.2) is 54.7 Å². The number of carbonyl (C=O) groups is 1. The van der Waals surface area contributed by atoms with Gasteiger partial charge in [0, 0.05) is 30.0 Å². The average molecular weight is 423 g/mol. The number of hydrogen-bond acceptors (Lipinski definition) is 3. The predicted octanol–water partition coefficient (Wildman–Crippen LogP) is 5.36. The number of urea groups is 1. The molecule has 1 aromatic heterocycles. The van der Waals surface area contributed by atoms with E-state index in [2.05, 4.69) is 59.6 Å². The van der Waals surface area contributed by atoms with Gasteiger partial charge in [-0.3, -0.25) is 4.98 Å². The molecule has 0 aliphatic carbocycles. The number of nitrogens with zero attached hydrogens (tertiary/aromatic N) is 3. The number of amides is 2. The van der Waals surface area contributed by atoms with Crippen molar-refractivity contribution in [2.45, 2.75) is 25.3 Å². The molecule has 1 N–H and O–H groups in total. The molecule has 1 saturated heterocycles. The molecule has 0 spiro atoms. The van der Waals surface area contributed by atoms with E-state index in [0.717, 1.165) is 54.1 Å². The Kier molecular flexibility index (Phi) is 6.21. The predicted molar refractivity (Wildman–Crippen MR) is 123 cm³/mol. The number of halogens is 1. The van der Waals surface area contributed by atoms with Crippen LogP contribution in [-0.2, 0) is 6.54 Å². The molecule has 3 aromatic rings. The first-order valence-electron chi connectivity index (χ1n) is 10.3. The Bertz CT molecular complexity index is 1030. The molecule has 0 saturated carbocycles. The highest BCUT2D eigenvalue weighted by Crippen LogP contribution is 2.29. The quantitative estimate of drug-likeness (QED) is 0.615. The Hall–Kier alpha value is -2.63. The molecular weight excluding hydrogens is 396 g/mol. The van der Waals surface area contributed by atoms with E-state index in [4.69, 9.17) is 11.6 Å². The number of carbonyl (C=O) groups excluding carboxylic acids is 1. The van der Waals surface area contributed by atoms with Crippen LogP contribution < -0.4 is 5.32 Å². The summed E-state index contributed by atoms with van der Waals surface area (Å²) in [6.07, 6.45) is 3.65. The minimum absolute atomic E-state index is 0.0602. The van der Waals surface area contributed by atoms with Crippen molar-refractivity contribution < 1.29 is 4.79 Å². The van der Waals surface area contributed by atoms with E-state index in [1.807, 2.05) is 23.1 Å². The van der Waals surface area contributed by atoms with Gasteiger partial charge in [0.15, 0.2) is 0 Å². The number of likely N-dealkylation sites (tertiary alicyclic amines) is 1. The smallest absolute Gasteiger partial charge is 0.321 e. The number of piperidine rings is 1. The third-order valence-corrected chi connectivity index (χ3v) is 5.87. The normalized spacial score (nSPS) is 15.0. The van der Waals surface area contributed by atoms with E-state index in [-0.39, 0.29) is 6.03 Å². The Morgan fingerprint density at radius 2 is 1.87 bits per heavy atom. The number of anilines is 1. The highest BCUT2D eigenvalue weighted by atomic mass is 35.5. The lowest BCUT2D eigenvalue weighted by atomic mass is 9.89. The zero-order valence-electron chi connectivity index (χ0n) is 17.4. The van der Waals surface area contributed by atoms with Crippen LogP contribution in [0, 0.1) is 0 Å². The summed E-state index contributed by atoms with van der Waals surface area (Å²) in [6.45, 7) is 2.37. The number of hydrogen-bond donors (Lipinski definition) is 1. The second-order valence-corrected chi connectivity index (χ2v) is 8.67. The van der Waals surface area contributed by atoms with Gasteiger partial charge >= 0.3 is 6.03 Å². The van der Waals surface area contributed by atoms with Crippen molar-refractivity contribution in [3.63, 3.8) is 0 Å². The molecular formula is C24H27ClN4O. The summed E-state index contributed by atoms with van der Waals surface area (Å²) >= 11 is 5.99. The van der Waals surface area contributed by atoms with E-state index in [1.165, 1.54) is 11.1 Å². The van der Waals surface area contributed by atoms with Crippen molar-refractivity contribution in [3.05, 3.63) is 70.9 Å². The van der Waals surface area contributed by atoms with E-state index in [9.17, 15) is 4.79 Å². The van der Waals surface area contributed by atoms with Crippen molar-refractivity contribution in [3.8, 4) is 0 Å². The number of pyridine rings is 1. The molecule has 156 valence electrons. The van der Waals surface area contributed by atoms with Gasteiger partial charge in [-0.25, -0.2) is 4.79 Å². The van der Waals surface area contributed by atoms with Crippen LogP contribution in [0.25, 0.3) is 10.9 Å². The third kappa shape index (κ3) is 4.91. The highest BCUT2D eigenvalue weighted by molar-refractivity contribution is 6.30. The number of fused-ring (bicyclic) bond motifs is 1. The Morgan fingerprint density at radius 3 is 2.57 bits per heavy atom. The van der Waals surface area contributed by atoms with Crippen molar-refractivity contribution >= 4 is 34.2 Å². The fraction of sp³-hybridized carbons (Fsp3) is 0.333. The fourth-order valence-corrected chi connectivity index (χ4v) is 4.18. The van der Waals surface area contributed by atoms with Gasteiger partial charge in [0.1, 0.15) is 0 Å². The lowest BCUT2D eigenvalue weighted by Crippen LogP contribution is -2.40. The van der Waals surface area contributed by atoms with Crippen molar-refractivity contribution in [2.24, 2.45) is 0 Å². The summed E-state index contributed by atoms with van der Waals surface area (Å²) in [5.41, 5.74) is 4.19. The molecule has 4 rings (SSSR count). The maximum Gasteiger partial charge on any atom is 0.321 e. The summed E-state index contributed by atoms with van der Waals surface area (Å²) < 4.78 is 0. The highest BCUT2D eigenvalue weighted by Gasteiger charge is 2.24. The van der Waals surface area contributed by atoms with Gasteiger partial charge in [0.05, 0.1) is 17.4 Å². The Morgan fingerprint density at radius 1 is 1.13 bits per heavy atom. The first-order chi connectivity index (χ1) is 14.5. The number of rotatable bonds is 4. The topological polar surface area (TPSA) is 48.5 Å². The molecule has 1 aliphatic rings. The Labute approximate surface area is 182 Å². The van der Waals surface area contributed by atoms with Crippen LogP contribution in [0.3, 0.4) is 0 Å². The summed E-state index contributed by atoms with van der Waals surface area (Å²) in [6, 6.07) is 16.3. The standard InChI is InChI=1S/C24H27ClN4O/c1-28(2)16-17-3-4-20-14-22(15-26-23(20)13-17)27-24(30)29-11-9-19(10-12-29)18-5-7-21(25)8-6-18/h3-8,13-15,19H,9-12,16H2,1-2H3,(H,27,30). The molecule has 0 unspecified atom stereocenters. The minimum atomic E-state index is -0.0602. The van der Waals surface area contributed by atoms with Crippen LogP contribution in [-0.4, -0.2) is 48.0 Å². The summed E-state index contributed by atoms with van der Waals surface area (Å²) in [5.74, 6) is 0.477. The largest absolute Gasteiger partial charge is 0.324 e. The summed E-state index contributed by atoms with van der Waals surface area (Å²) in [5, 5.41) is 4.79. The SMILES string of the molecule is CN(C)Cc1ccc2cc(NC(=O)N3CCC(c4ccc(Cl)cc4)CC3)cnc2c1. The lowest BCUT2D eigenvalue weighted by Gasteiger charge is -2.32. The minimum Gasteiger partial charge on any atom is -0.324 e. The van der Waals surface area contributed by atoms with Crippen LogP contribution >= 0.6 is 11.6 Å². The molecule has 1 aliphatic heterocycles. The first kappa shape index (κ1) is 20.6. The van der Waals surface area contributed by atoms with Gasteiger partial charge in [-0.2, -0.15) is 0 Å². The van der Waals surface area contributed by atoms with Gasteiger partial charge in [-0.1, -0.05) is 35.9 Å². The van der Waals surface area contributed by atoms with E-state index < -0.39 is 0 Å². The van der Waals surface area contributed by atoms with E-state index in [1.54, 1.807) is 6.20 Å². The van der Waals surface area contributed by atoms with Crippen molar-refractivity contribution in [1.82, 2.24) is 14.8 Å². The van der Waals surface area contributed by atoms with Gasteiger partial charge in [-0.05, 0) is 68.2 Å². The molecule has 0 radical (unpaired) electrons. The second-order valence-electron chi connectivity index (χ2n) is 8.23. The number of nitrogens with one attached hydrogen (secondary N) is 1. The van der Waals surface area contributed by atoms with Crippen LogP contribution in [0.1, 0.15) is 29.9 Å². The maximum atomic E-state index is 12.7. The zero-order chi connectivity index (χ0) is 21.1. The van der Waals surface area contributed by atoms with Gasteiger partial charge < -0.3 is 15.1 Å². The zero-order valence-corrected chi connectivity index (χ0v) is 18.2. The summed E-state index contributed by atoms with van der Waals surface area (Å²) in [7, 11) is 4.10.